The van der Waals surface area contributed by atoms with E-state index in [0.717, 1.165) is 31.7 Å². The lowest BCUT2D eigenvalue weighted by Crippen LogP contribution is -2.58. The quantitative estimate of drug-likeness (QED) is 0.462. The SMILES string of the molecule is [C-]#[N+]c1ccc2c(n1)c(N1C[C@@H](CC)N(C(CC)c3ccc(OCC)cc3)C[C@@H]1C)nc(=O)n2C. The number of rotatable bonds is 7. The fourth-order valence-electron chi connectivity index (χ4n) is 5.18. The first kappa shape index (κ1) is 24.7. The van der Waals surface area contributed by atoms with Crippen LogP contribution in [0.25, 0.3) is 15.9 Å². The molecular weight excluding hydrogens is 440 g/mol. The van der Waals surface area contributed by atoms with E-state index in [0.29, 0.717) is 35.3 Å². The molecule has 8 heteroatoms. The minimum Gasteiger partial charge on any atom is -0.494 e. The Balaban J connectivity index is 1.69. The Bertz CT molecular complexity index is 1280. The second kappa shape index (κ2) is 10.4. The molecule has 3 heterocycles. The lowest BCUT2D eigenvalue weighted by Gasteiger charge is -2.48. The maximum atomic E-state index is 12.7. The average Bonchev–Trinajstić information content (AvgIpc) is 2.88. The van der Waals surface area contributed by atoms with Gasteiger partial charge in [-0.25, -0.2) is 4.79 Å². The monoisotopic (exact) mass is 474 g/mol. The van der Waals surface area contributed by atoms with Gasteiger partial charge >= 0.3 is 5.69 Å². The third-order valence-corrected chi connectivity index (χ3v) is 7.03. The molecule has 0 amide bonds. The molecule has 1 aromatic carbocycles. The van der Waals surface area contributed by atoms with Gasteiger partial charge in [-0.05, 0) is 56.5 Å². The molecule has 0 bridgehead atoms. The van der Waals surface area contributed by atoms with Gasteiger partial charge in [-0.2, -0.15) is 4.98 Å². The maximum Gasteiger partial charge on any atom is 0.350 e. The third-order valence-electron chi connectivity index (χ3n) is 7.03. The average molecular weight is 475 g/mol. The molecule has 0 spiro atoms. The highest BCUT2D eigenvalue weighted by Gasteiger charge is 2.37. The summed E-state index contributed by atoms with van der Waals surface area (Å²) in [7, 11) is 1.69. The largest absolute Gasteiger partial charge is 0.494 e. The Kier molecular flexibility index (Phi) is 7.37. The van der Waals surface area contributed by atoms with Crippen molar-refractivity contribution < 1.29 is 4.74 Å². The predicted molar refractivity (Wildman–Crippen MR) is 139 cm³/mol. The molecule has 1 fully saturated rings. The standard InChI is InChI=1S/C27H34N6O2/c1-7-20-17-32(26-25-23(31(6)27(34)30-26)14-15-24(28-5)29-25)18(4)16-33(20)22(8-2)19-10-12-21(13-11-19)35-9-3/h10-15,18,20,22H,7-9,16-17H2,1-4,6H3/t18-,20+,22?/m0/s1. The van der Waals surface area contributed by atoms with Crippen LogP contribution >= 0.6 is 0 Å². The highest BCUT2D eigenvalue weighted by molar-refractivity contribution is 5.87. The van der Waals surface area contributed by atoms with Crippen molar-refractivity contribution >= 4 is 22.7 Å². The molecule has 184 valence electrons. The number of anilines is 1. The minimum atomic E-state index is -0.312. The fourth-order valence-corrected chi connectivity index (χ4v) is 5.18. The van der Waals surface area contributed by atoms with E-state index in [4.69, 9.17) is 11.3 Å². The Morgan fingerprint density at radius 3 is 2.49 bits per heavy atom. The molecular formula is C27H34N6O2. The summed E-state index contributed by atoms with van der Waals surface area (Å²) >= 11 is 0. The number of nitrogens with zero attached hydrogens (tertiary/aromatic N) is 6. The third kappa shape index (κ3) is 4.73. The molecule has 1 saturated heterocycles. The number of hydrogen-bond donors (Lipinski definition) is 0. The van der Waals surface area contributed by atoms with E-state index in [1.807, 2.05) is 6.92 Å². The Labute approximate surface area is 207 Å². The van der Waals surface area contributed by atoms with Gasteiger partial charge in [-0.1, -0.05) is 32.6 Å². The van der Waals surface area contributed by atoms with Crippen LogP contribution in [0.5, 0.6) is 5.75 Å². The van der Waals surface area contributed by atoms with Gasteiger partial charge in [0, 0.05) is 38.3 Å². The molecule has 0 saturated carbocycles. The van der Waals surface area contributed by atoms with Crippen molar-refractivity contribution in [2.24, 2.45) is 7.05 Å². The predicted octanol–water partition coefficient (Wildman–Crippen LogP) is 4.72. The number of fused-ring (bicyclic) bond motifs is 1. The molecule has 1 aliphatic heterocycles. The normalized spacial score (nSPS) is 19.5. The highest BCUT2D eigenvalue weighted by Crippen LogP contribution is 2.35. The summed E-state index contributed by atoms with van der Waals surface area (Å²) in [5, 5.41) is 0. The number of benzene rings is 1. The number of ether oxygens (including phenoxy) is 1. The Morgan fingerprint density at radius 1 is 1.11 bits per heavy atom. The van der Waals surface area contributed by atoms with Gasteiger partial charge < -0.3 is 14.5 Å². The van der Waals surface area contributed by atoms with Gasteiger partial charge in [0.15, 0.2) is 5.82 Å². The molecule has 3 aromatic rings. The van der Waals surface area contributed by atoms with E-state index < -0.39 is 0 Å². The molecule has 0 aliphatic carbocycles. The van der Waals surface area contributed by atoms with E-state index in [1.54, 1.807) is 19.2 Å². The van der Waals surface area contributed by atoms with E-state index in [9.17, 15) is 4.79 Å². The van der Waals surface area contributed by atoms with Gasteiger partial charge in [0.1, 0.15) is 5.75 Å². The molecule has 8 nitrogen and oxygen atoms in total. The maximum absolute atomic E-state index is 12.7. The summed E-state index contributed by atoms with van der Waals surface area (Å²) in [6.07, 6.45) is 1.97. The minimum absolute atomic E-state index is 0.121. The zero-order valence-electron chi connectivity index (χ0n) is 21.2. The lowest BCUT2D eigenvalue weighted by atomic mass is 9.96. The topological polar surface area (TPSA) is 67.9 Å². The summed E-state index contributed by atoms with van der Waals surface area (Å²) < 4.78 is 7.13. The number of aromatic nitrogens is 3. The van der Waals surface area contributed by atoms with Crippen LogP contribution in [0.4, 0.5) is 11.6 Å². The van der Waals surface area contributed by atoms with Crippen LogP contribution in [-0.4, -0.2) is 51.2 Å². The van der Waals surface area contributed by atoms with Crippen molar-refractivity contribution in [1.82, 2.24) is 19.4 Å². The van der Waals surface area contributed by atoms with Gasteiger partial charge in [0.2, 0.25) is 5.52 Å². The Morgan fingerprint density at radius 2 is 1.86 bits per heavy atom. The molecule has 2 aromatic heterocycles. The first-order chi connectivity index (χ1) is 16.9. The Hall–Kier alpha value is -3.44. The van der Waals surface area contributed by atoms with Crippen LogP contribution in [0.15, 0.2) is 41.2 Å². The number of aryl methyl sites for hydroxylation is 1. The second-order valence-corrected chi connectivity index (χ2v) is 9.11. The molecule has 3 atom stereocenters. The van der Waals surface area contributed by atoms with Crippen LogP contribution in [0, 0.1) is 6.57 Å². The van der Waals surface area contributed by atoms with Crippen molar-refractivity contribution in [2.75, 3.05) is 24.6 Å². The summed E-state index contributed by atoms with van der Waals surface area (Å²) in [5.41, 5.74) is 2.27. The van der Waals surface area contributed by atoms with E-state index in [2.05, 4.69) is 69.6 Å². The van der Waals surface area contributed by atoms with Crippen LogP contribution < -0.4 is 15.3 Å². The summed E-state index contributed by atoms with van der Waals surface area (Å²) in [6, 6.07) is 12.6. The molecule has 1 unspecified atom stereocenters. The van der Waals surface area contributed by atoms with Crippen molar-refractivity contribution in [3.8, 4) is 5.75 Å². The van der Waals surface area contributed by atoms with E-state index in [1.165, 1.54) is 10.1 Å². The van der Waals surface area contributed by atoms with Gasteiger partial charge in [0.05, 0.1) is 12.1 Å². The summed E-state index contributed by atoms with van der Waals surface area (Å²) in [5.74, 6) is 1.78. The smallest absolute Gasteiger partial charge is 0.350 e. The van der Waals surface area contributed by atoms with E-state index >= 15 is 0 Å². The summed E-state index contributed by atoms with van der Waals surface area (Å²) in [4.78, 5) is 30.0. The second-order valence-electron chi connectivity index (χ2n) is 9.11. The summed E-state index contributed by atoms with van der Waals surface area (Å²) in [6.45, 7) is 18.2. The zero-order valence-corrected chi connectivity index (χ0v) is 21.2. The first-order valence-electron chi connectivity index (χ1n) is 12.4. The van der Waals surface area contributed by atoms with Crippen molar-refractivity contribution in [2.45, 2.75) is 58.7 Å². The van der Waals surface area contributed by atoms with Gasteiger partial charge in [0.25, 0.3) is 5.82 Å². The van der Waals surface area contributed by atoms with Gasteiger partial charge in [-0.3, -0.25) is 9.47 Å². The van der Waals surface area contributed by atoms with Crippen LogP contribution in [0.3, 0.4) is 0 Å². The van der Waals surface area contributed by atoms with Crippen LogP contribution in [-0.2, 0) is 7.05 Å². The van der Waals surface area contributed by atoms with Crippen LogP contribution in [0.1, 0.15) is 52.1 Å². The zero-order chi connectivity index (χ0) is 25.1. The molecule has 4 rings (SSSR count). The molecule has 0 N–H and O–H groups in total. The molecule has 1 aliphatic rings. The van der Waals surface area contributed by atoms with E-state index in [-0.39, 0.29) is 17.8 Å². The molecule has 0 radical (unpaired) electrons. The van der Waals surface area contributed by atoms with Gasteiger partial charge in [-0.15, -0.1) is 4.98 Å². The lowest BCUT2D eigenvalue weighted by molar-refractivity contribution is 0.0939. The number of pyridine rings is 1. The van der Waals surface area contributed by atoms with Crippen LogP contribution in [0.2, 0.25) is 0 Å². The fraction of sp³-hybridized carbons (Fsp3) is 0.481. The van der Waals surface area contributed by atoms with Crippen molar-refractivity contribution in [3.05, 3.63) is 63.9 Å². The number of hydrogen-bond acceptors (Lipinski definition) is 6. The first-order valence-corrected chi connectivity index (χ1v) is 12.4. The molecule has 35 heavy (non-hydrogen) atoms. The van der Waals surface area contributed by atoms with Crippen molar-refractivity contribution in [3.63, 3.8) is 0 Å². The van der Waals surface area contributed by atoms with Crippen molar-refractivity contribution in [1.29, 1.82) is 0 Å². The highest BCUT2D eigenvalue weighted by atomic mass is 16.5. The number of piperazine rings is 1.